The Balaban J connectivity index is 1.63. The molecule has 3 aliphatic rings. The minimum absolute atomic E-state index is 0.118. The highest BCUT2D eigenvalue weighted by Gasteiger charge is 2.59. The van der Waals surface area contributed by atoms with Crippen LogP contribution >= 0.6 is 0 Å². The summed E-state index contributed by atoms with van der Waals surface area (Å²) in [7, 11) is 0. The van der Waals surface area contributed by atoms with Crippen molar-refractivity contribution in [3.8, 4) is 0 Å². The van der Waals surface area contributed by atoms with E-state index in [1.54, 1.807) is 11.8 Å². The second-order valence-corrected chi connectivity index (χ2v) is 6.61. The van der Waals surface area contributed by atoms with Crippen LogP contribution in [-0.2, 0) is 14.3 Å². The van der Waals surface area contributed by atoms with E-state index in [-0.39, 0.29) is 17.2 Å². The van der Waals surface area contributed by atoms with Crippen LogP contribution in [0.15, 0.2) is 0 Å². The molecule has 5 nitrogen and oxygen atoms in total. The van der Waals surface area contributed by atoms with Crippen molar-refractivity contribution in [2.75, 3.05) is 26.3 Å². The number of likely N-dealkylation sites (tertiary alicyclic amines) is 1. The first kappa shape index (κ1) is 12.9. The lowest BCUT2D eigenvalue weighted by Crippen LogP contribution is -2.37. The summed E-state index contributed by atoms with van der Waals surface area (Å²) in [5, 5.41) is 9.21. The van der Waals surface area contributed by atoms with Crippen LogP contribution in [0.4, 0.5) is 0 Å². The van der Waals surface area contributed by atoms with E-state index in [0.29, 0.717) is 19.5 Å². The van der Waals surface area contributed by atoms with E-state index in [2.05, 4.69) is 0 Å². The monoisotopic (exact) mass is 267 g/mol. The molecule has 106 valence electrons. The van der Waals surface area contributed by atoms with Gasteiger partial charge in [-0.1, -0.05) is 0 Å². The number of carbonyl (C=O) groups is 2. The van der Waals surface area contributed by atoms with Gasteiger partial charge in [0.25, 0.3) is 0 Å². The van der Waals surface area contributed by atoms with Gasteiger partial charge in [-0.2, -0.15) is 0 Å². The molecule has 2 aliphatic heterocycles. The van der Waals surface area contributed by atoms with Gasteiger partial charge < -0.3 is 14.7 Å². The number of amides is 1. The summed E-state index contributed by atoms with van der Waals surface area (Å²) in [5.74, 6) is -0.501. The maximum atomic E-state index is 12.5. The zero-order chi connectivity index (χ0) is 13.7. The predicted octanol–water partition coefficient (Wildman–Crippen LogP) is 1.13. The van der Waals surface area contributed by atoms with Gasteiger partial charge in [0.1, 0.15) is 0 Å². The largest absolute Gasteiger partial charge is 0.481 e. The molecular weight excluding hydrogens is 246 g/mol. The molecule has 0 bridgehead atoms. The summed E-state index contributed by atoms with van der Waals surface area (Å²) in [6.45, 7) is 4.21. The molecule has 3 fully saturated rings. The van der Waals surface area contributed by atoms with E-state index in [0.717, 1.165) is 32.5 Å². The molecule has 1 N–H and O–H groups in total. The molecule has 3 rings (SSSR count). The SMILES string of the molecule is C[C@]1(C(=O)O)CCN(C(=O)[C@@H]2CC23CCOCC3)C1. The van der Waals surface area contributed by atoms with Crippen molar-refractivity contribution in [1.29, 1.82) is 0 Å². The minimum atomic E-state index is -0.792. The molecule has 1 spiro atoms. The second-order valence-electron chi connectivity index (χ2n) is 6.61. The fraction of sp³-hybridized carbons (Fsp3) is 0.857. The highest BCUT2D eigenvalue weighted by atomic mass is 16.5. The molecule has 1 amide bonds. The van der Waals surface area contributed by atoms with Crippen molar-refractivity contribution >= 4 is 11.9 Å². The van der Waals surface area contributed by atoms with E-state index in [9.17, 15) is 14.7 Å². The van der Waals surface area contributed by atoms with E-state index < -0.39 is 11.4 Å². The smallest absolute Gasteiger partial charge is 0.311 e. The molecule has 0 aromatic carbocycles. The van der Waals surface area contributed by atoms with Gasteiger partial charge in [0, 0.05) is 32.2 Å². The molecule has 2 saturated heterocycles. The van der Waals surface area contributed by atoms with Crippen LogP contribution in [-0.4, -0.2) is 48.2 Å². The zero-order valence-electron chi connectivity index (χ0n) is 11.4. The molecule has 0 aromatic rings. The van der Waals surface area contributed by atoms with E-state index in [1.807, 2.05) is 0 Å². The van der Waals surface area contributed by atoms with Crippen LogP contribution in [0.5, 0.6) is 0 Å². The quantitative estimate of drug-likeness (QED) is 0.814. The highest BCUT2D eigenvalue weighted by molar-refractivity contribution is 5.84. The van der Waals surface area contributed by atoms with E-state index >= 15 is 0 Å². The summed E-state index contributed by atoms with van der Waals surface area (Å²) in [6.07, 6.45) is 3.49. The highest BCUT2D eigenvalue weighted by Crippen LogP contribution is 2.60. The molecule has 19 heavy (non-hydrogen) atoms. The fourth-order valence-electron chi connectivity index (χ4n) is 3.57. The van der Waals surface area contributed by atoms with Crippen molar-refractivity contribution in [3.63, 3.8) is 0 Å². The average Bonchev–Trinajstić information content (AvgIpc) is 2.90. The van der Waals surface area contributed by atoms with Gasteiger partial charge in [0.05, 0.1) is 5.41 Å². The molecule has 2 heterocycles. The number of carbonyl (C=O) groups excluding carboxylic acids is 1. The third-order valence-corrected chi connectivity index (χ3v) is 5.28. The van der Waals surface area contributed by atoms with Crippen molar-refractivity contribution < 1.29 is 19.4 Å². The molecule has 5 heteroatoms. The van der Waals surface area contributed by atoms with Gasteiger partial charge in [-0.05, 0) is 38.0 Å². The van der Waals surface area contributed by atoms with Crippen LogP contribution in [0.2, 0.25) is 0 Å². The van der Waals surface area contributed by atoms with Gasteiger partial charge in [-0.15, -0.1) is 0 Å². The van der Waals surface area contributed by atoms with Crippen molar-refractivity contribution in [2.24, 2.45) is 16.7 Å². The van der Waals surface area contributed by atoms with Crippen LogP contribution in [0.1, 0.15) is 32.6 Å². The molecule has 0 radical (unpaired) electrons. The van der Waals surface area contributed by atoms with Gasteiger partial charge in [-0.3, -0.25) is 9.59 Å². The maximum absolute atomic E-state index is 12.5. The maximum Gasteiger partial charge on any atom is 0.311 e. The van der Waals surface area contributed by atoms with E-state index in [4.69, 9.17) is 4.74 Å². The Morgan fingerprint density at radius 1 is 1.26 bits per heavy atom. The van der Waals surface area contributed by atoms with Gasteiger partial charge in [0.15, 0.2) is 0 Å². The Morgan fingerprint density at radius 2 is 1.95 bits per heavy atom. The second kappa shape index (κ2) is 4.20. The van der Waals surface area contributed by atoms with Crippen molar-refractivity contribution in [2.45, 2.75) is 32.6 Å². The summed E-state index contributed by atoms with van der Waals surface area (Å²) in [5.41, 5.74) is -0.578. The summed E-state index contributed by atoms with van der Waals surface area (Å²) < 4.78 is 5.36. The van der Waals surface area contributed by atoms with Gasteiger partial charge >= 0.3 is 5.97 Å². The molecule has 2 atom stereocenters. The Morgan fingerprint density at radius 3 is 2.53 bits per heavy atom. The third-order valence-electron chi connectivity index (χ3n) is 5.28. The number of rotatable bonds is 2. The zero-order valence-corrected chi connectivity index (χ0v) is 11.4. The van der Waals surface area contributed by atoms with Crippen LogP contribution < -0.4 is 0 Å². The first-order valence-electron chi connectivity index (χ1n) is 7.07. The lowest BCUT2D eigenvalue weighted by Gasteiger charge is -2.25. The topological polar surface area (TPSA) is 66.8 Å². The summed E-state index contributed by atoms with van der Waals surface area (Å²) in [6, 6.07) is 0. The van der Waals surface area contributed by atoms with Gasteiger partial charge in [0.2, 0.25) is 5.91 Å². The molecule has 1 saturated carbocycles. The molecule has 0 aromatic heterocycles. The Labute approximate surface area is 112 Å². The number of carboxylic acids is 1. The molecular formula is C14H21NO4. The van der Waals surface area contributed by atoms with Crippen molar-refractivity contribution in [3.05, 3.63) is 0 Å². The first-order chi connectivity index (χ1) is 8.97. The van der Waals surface area contributed by atoms with E-state index in [1.165, 1.54) is 0 Å². The predicted molar refractivity (Wildman–Crippen MR) is 67.5 cm³/mol. The number of hydrogen-bond donors (Lipinski definition) is 1. The first-order valence-corrected chi connectivity index (χ1v) is 7.07. The molecule has 0 unspecified atom stereocenters. The standard InChI is InChI=1S/C14H21NO4/c1-13(12(17)18)2-5-15(9-13)11(16)10-8-14(10)3-6-19-7-4-14/h10H,2-9H2,1H3,(H,17,18)/t10-,13-/m0/s1. The fourth-order valence-corrected chi connectivity index (χ4v) is 3.57. The Hall–Kier alpha value is -1.10. The van der Waals surface area contributed by atoms with Crippen LogP contribution in [0, 0.1) is 16.7 Å². The average molecular weight is 267 g/mol. The van der Waals surface area contributed by atoms with Crippen molar-refractivity contribution in [1.82, 2.24) is 4.90 Å². The number of hydrogen-bond acceptors (Lipinski definition) is 3. The lowest BCUT2D eigenvalue weighted by molar-refractivity contribution is -0.147. The summed E-state index contributed by atoms with van der Waals surface area (Å²) >= 11 is 0. The van der Waals surface area contributed by atoms with Gasteiger partial charge in [-0.25, -0.2) is 0 Å². The normalized spacial score (nSPS) is 36.5. The summed E-state index contributed by atoms with van der Waals surface area (Å²) in [4.78, 5) is 25.5. The lowest BCUT2D eigenvalue weighted by atomic mass is 9.90. The third kappa shape index (κ3) is 2.04. The Bertz CT molecular complexity index is 416. The molecule has 1 aliphatic carbocycles. The Kier molecular flexibility index (Phi) is 2.85. The van der Waals surface area contributed by atoms with Crippen LogP contribution in [0.3, 0.4) is 0 Å². The number of carboxylic acid groups (broad SMARTS) is 1. The number of ether oxygens (including phenoxy) is 1. The van der Waals surface area contributed by atoms with Crippen LogP contribution in [0.25, 0.3) is 0 Å². The number of aliphatic carboxylic acids is 1. The minimum Gasteiger partial charge on any atom is -0.481 e. The number of nitrogens with zero attached hydrogens (tertiary/aromatic N) is 1.